The Balaban J connectivity index is 1.03. The van der Waals surface area contributed by atoms with Gasteiger partial charge in [-0.25, -0.2) is 34.9 Å². The van der Waals surface area contributed by atoms with E-state index in [1.54, 1.807) is 64.9 Å². The van der Waals surface area contributed by atoms with Crippen molar-refractivity contribution in [1.29, 1.82) is 0 Å². The van der Waals surface area contributed by atoms with Gasteiger partial charge in [-0.3, -0.25) is 19.4 Å². The summed E-state index contributed by atoms with van der Waals surface area (Å²) in [6, 6.07) is 33.8. The molecular formula is C37H27N11O2. The fourth-order valence-electron chi connectivity index (χ4n) is 4.91. The summed E-state index contributed by atoms with van der Waals surface area (Å²) < 4.78 is 0. The van der Waals surface area contributed by atoms with Crippen LogP contribution in [0.3, 0.4) is 0 Å². The lowest BCUT2D eigenvalue weighted by molar-refractivity contribution is 0.101. The number of rotatable bonds is 10. The van der Waals surface area contributed by atoms with E-state index in [1.165, 1.54) is 24.5 Å². The maximum atomic E-state index is 13.2. The molecule has 0 saturated carbocycles. The summed E-state index contributed by atoms with van der Waals surface area (Å²) in [4.78, 5) is 61.1. The third-order valence-electron chi connectivity index (χ3n) is 7.20. The van der Waals surface area contributed by atoms with Gasteiger partial charge in [0.15, 0.2) is 0 Å². The van der Waals surface area contributed by atoms with E-state index >= 15 is 0 Å². The van der Waals surface area contributed by atoms with E-state index in [-0.39, 0.29) is 11.4 Å². The maximum Gasteiger partial charge on any atom is 0.274 e. The van der Waals surface area contributed by atoms with Crippen LogP contribution in [0.5, 0.6) is 0 Å². The van der Waals surface area contributed by atoms with Crippen molar-refractivity contribution in [2.75, 3.05) is 20.4 Å². The largest absolute Gasteiger partial charge is 0.319 e. The van der Waals surface area contributed by atoms with Crippen LogP contribution in [0.4, 0.5) is 46.3 Å². The predicted molar refractivity (Wildman–Crippen MR) is 189 cm³/mol. The normalized spacial score (nSPS) is 10.6. The van der Waals surface area contributed by atoms with Crippen LogP contribution in [0.2, 0.25) is 0 Å². The van der Waals surface area contributed by atoms with Gasteiger partial charge < -0.3 is 10.6 Å². The summed E-state index contributed by atoms with van der Waals surface area (Å²) in [5.41, 5.74) is 0.989. The molecule has 0 aliphatic rings. The van der Waals surface area contributed by atoms with Crippen LogP contribution in [0.1, 0.15) is 21.0 Å². The molecule has 0 bridgehead atoms. The van der Waals surface area contributed by atoms with Gasteiger partial charge in [-0.1, -0.05) is 30.3 Å². The molecule has 0 radical (unpaired) electrons. The van der Waals surface area contributed by atoms with Crippen molar-refractivity contribution in [2.45, 2.75) is 0 Å². The topological polar surface area (TPSA) is 155 Å². The monoisotopic (exact) mass is 657 g/mol. The van der Waals surface area contributed by atoms with E-state index in [4.69, 9.17) is 0 Å². The Morgan fingerprint density at radius 2 is 0.760 bits per heavy atom. The number of hydrogen-bond acceptors (Lipinski definition) is 11. The van der Waals surface area contributed by atoms with Gasteiger partial charge >= 0.3 is 0 Å². The molecule has 2 amide bonds. The standard InChI is InChI=1S/C37H27N11O2/c49-36(44-26-16-18-34(42-24-26)47(30-12-1-5-20-38-30)31-13-2-6-21-39-31)28-10-9-11-29(46-28)37(50)45-27-17-19-35(43-25-27)48(32-14-3-7-22-40-32)33-15-4-8-23-41-33/h1-25H,(H,44,49)(H,45,50). The van der Waals surface area contributed by atoms with Gasteiger partial charge in [-0.2, -0.15) is 0 Å². The summed E-state index contributed by atoms with van der Waals surface area (Å²) in [7, 11) is 0. The van der Waals surface area contributed by atoms with Crippen molar-refractivity contribution in [2.24, 2.45) is 0 Å². The van der Waals surface area contributed by atoms with Gasteiger partial charge in [0.2, 0.25) is 0 Å². The molecule has 0 fully saturated rings. The lowest BCUT2D eigenvalue weighted by atomic mass is 10.2. The molecule has 13 nitrogen and oxygen atoms in total. The highest BCUT2D eigenvalue weighted by molar-refractivity contribution is 6.06. The summed E-state index contributed by atoms with van der Waals surface area (Å²) in [6.07, 6.45) is 9.82. The van der Waals surface area contributed by atoms with Crippen molar-refractivity contribution in [1.82, 2.24) is 34.9 Å². The zero-order chi connectivity index (χ0) is 34.1. The second-order valence-electron chi connectivity index (χ2n) is 10.5. The molecule has 0 atom stereocenters. The van der Waals surface area contributed by atoms with Crippen LogP contribution in [-0.2, 0) is 0 Å². The van der Waals surface area contributed by atoms with Gasteiger partial charge in [-0.05, 0) is 84.9 Å². The highest BCUT2D eigenvalue weighted by atomic mass is 16.2. The van der Waals surface area contributed by atoms with E-state index in [9.17, 15) is 9.59 Å². The minimum absolute atomic E-state index is 0.0557. The van der Waals surface area contributed by atoms with Gasteiger partial charge in [0, 0.05) is 24.8 Å². The fourth-order valence-corrected chi connectivity index (χ4v) is 4.91. The summed E-state index contributed by atoms with van der Waals surface area (Å²) in [5, 5.41) is 5.59. The maximum absolute atomic E-state index is 13.2. The molecule has 0 unspecified atom stereocenters. The summed E-state index contributed by atoms with van der Waals surface area (Å²) in [5.74, 6) is 2.65. The van der Waals surface area contributed by atoms with Crippen molar-refractivity contribution < 1.29 is 9.59 Å². The van der Waals surface area contributed by atoms with Crippen LogP contribution in [0.15, 0.2) is 152 Å². The first-order chi connectivity index (χ1) is 24.6. The van der Waals surface area contributed by atoms with Gasteiger partial charge in [0.25, 0.3) is 11.8 Å². The predicted octanol–water partition coefficient (Wildman–Crippen LogP) is 6.90. The Hall–Kier alpha value is -7.41. The summed E-state index contributed by atoms with van der Waals surface area (Å²) >= 11 is 0. The number of pyridine rings is 7. The van der Waals surface area contributed by atoms with E-state index in [0.717, 1.165) is 0 Å². The average Bonchev–Trinajstić information content (AvgIpc) is 3.18. The number of anilines is 8. The van der Waals surface area contributed by atoms with Crippen LogP contribution in [-0.4, -0.2) is 46.7 Å². The molecule has 0 spiro atoms. The van der Waals surface area contributed by atoms with Crippen molar-refractivity contribution in [3.05, 3.63) is 164 Å². The Bertz CT molecular complexity index is 1960. The lowest BCUT2D eigenvalue weighted by Gasteiger charge is -2.21. The molecule has 7 aromatic rings. The molecule has 50 heavy (non-hydrogen) atoms. The average molecular weight is 658 g/mol. The van der Waals surface area contributed by atoms with E-state index in [1.807, 2.05) is 72.8 Å². The number of hydrogen-bond donors (Lipinski definition) is 2. The molecule has 7 rings (SSSR count). The van der Waals surface area contributed by atoms with Crippen molar-refractivity contribution in [3.8, 4) is 0 Å². The molecule has 7 aromatic heterocycles. The first-order valence-electron chi connectivity index (χ1n) is 15.4. The Morgan fingerprint density at radius 3 is 1.06 bits per heavy atom. The second kappa shape index (κ2) is 14.6. The highest BCUT2D eigenvalue weighted by Crippen LogP contribution is 2.31. The Morgan fingerprint density at radius 1 is 0.400 bits per heavy atom. The molecule has 0 aliphatic heterocycles. The van der Waals surface area contributed by atoms with Crippen molar-refractivity contribution >= 4 is 58.1 Å². The van der Waals surface area contributed by atoms with Gasteiger partial charge in [-0.15, -0.1) is 0 Å². The zero-order valence-electron chi connectivity index (χ0n) is 26.3. The molecular weight excluding hydrogens is 630 g/mol. The SMILES string of the molecule is O=C(Nc1ccc(N(c2ccccn2)c2ccccn2)nc1)c1cccc(C(=O)Nc2ccc(N(c3ccccn3)c3ccccn3)nc2)n1. The van der Waals surface area contributed by atoms with Gasteiger partial charge in [0.05, 0.1) is 23.8 Å². The first-order valence-corrected chi connectivity index (χ1v) is 15.4. The molecule has 0 saturated heterocycles. The van der Waals surface area contributed by atoms with Crippen LogP contribution in [0, 0.1) is 0 Å². The number of nitrogens with zero attached hydrogens (tertiary/aromatic N) is 9. The Labute approximate surface area is 286 Å². The molecule has 242 valence electrons. The number of carbonyl (C=O) groups excluding carboxylic acids is 2. The van der Waals surface area contributed by atoms with Crippen molar-refractivity contribution in [3.63, 3.8) is 0 Å². The fraction of sp³-hybridized carbons (Fsp3) is 0. The molecule has 13 heteroatoms. The number of nitrogens with one attached hydrogen (secondary N) is 2. The van der Waals surface area contributed by atoms with Crippen LogP contribution >= 0.6 is 0 Å². The number of aromatic nitrogens is 7. The lowest BCUT2D eigenvalue weighted by Crippen LogP contribution is -2.19. The van der Waals surface area contributed by atoms with E-state index < -0.39 is 11.8 Å². The summed E-state index contributed by atoms with van der Waals surface area (Å²) in [6.45, 7) is 0. The Kier molecular flexibility index (Phi) is 9.09. The third kappa shape index (κ3) is 7.11. The van der Waals surface area contributed by atoms with E-state index in [0.29, 0.717) is 46.3 Å². The van der Waals surface area contributed by atoms with Crippen LogP contribution < -0.4 is 20.4 Å². The molecule has 0 aromatic carbocycles. The van der Waals surface area contributed by atoms with Crippen LogP contribution in [0.25, 0.3) is 0 Å². The zero-order valence-corrected chi connectivity index (χ0v) is 26.3. The smallest absolute Gasteiger partial charge is 0.274 e. The molecule has 0 aliphatic carbocycles. The minimum Gasteiger partial charge on any atom is -0.319 e. The third-order valence-corrected chi connectivity index (χ3v) is 7.20. The number of carbonyl (C=O) groups is 2. The van der Waals surface area contributed by atoms with Gasteiger partial charge in [0.1, 0.15) is 46.3 Å². The number of amides is 2. The molecule has 2 N–H and O–H groups in total. The second-order valence-corrected chi connectivity index (χ2v) is 10.5. The highest BCUT2D eigenvalue weighted by Gasteiger charge is 2.18. The minimum atomic E-state index is -0.504. The quantitative estimate of drug-likeness (QED) is 0.158. The van der Waals surface area contributed by atoms with E-state index in [2.05, 4.69) is 45.5 Å². The molecule has 7 heterocycles. The first kappa shape index (κ1) is 31.2.